The average Bonchev–Trinajstić information content (AvgIpc) is 3.22. The van der Waals surface area contributed by atoms with E-state index < -0.39 is 5.76 Å². The second-order valence-electron chi connectivity index (χ2n) is 6.60. The first kappa shape index (κ1) is 15.1. The predicted octanol–water partition coefficient (Wildman–Crippen LogP) is 1.90. The van der Waals surface area contributed by atoms with Crippen molar-refractivity contribution in [2.45, 2.75) is 31.7 Å². The zero-order valence-electron chi connectivity index (χ0n) is 13.6. The summed E-state index contributed by atoms with van der Waals surface area (Å²) in [6.45, 7) is 2.98. The number of urea groups is 1. The largest absolute Gasteiger partial charge is 0.417 e. The molecule has 2 heterocycles. The van der Waals surface area contributed by atoms with Gasteiger partial charge in [-0.05, 0) is 31.0 Å². The van der Waals surface area contributed by atoms with Gasteiger partial charge in [0, 0.05) is 37.9 Å². The van der Waals surface area contributed by atoms with E-state index in [2.05, 4.69) is 15.2 Å². The molecule has 1 aromatic carbocycles. The lowest BCUT2D eigenvalue weighted by Crippen LogP contribution is -2.53. The molecule has 0 bridgehead atoms. The van der Waals surface area contributed by atoms with Crippen molar-refractivity contribution in [3.8, 4) is 0 Å². The summed E-state index contributed by atoms with van der Waals surface area (Å²) in [6, 6.07) is 6.11. The number of benzene rings is 1. The van der Waals surface area contributed by atoms with Crippen LogP contribution in [0.15, 0.2) is 27.4 Å². The van der Waals surface area contributed by atoms with Crippen LogP contribution in [0.4, 0.5) is 10.5 Å². The third-order valence-electron chi connectivity index (χ3n) is 5.02. The van der Waals surface area contributed by atoms with E-state index in [9.17, 15) is 9.59 Å². The highest BCUT2D eigenvalue weighted by molar-refractivity contribution is 5.78. The monoisotopic (exact) mass is 330 g/mol. The second-order valence-corrected chi connectivity index (χ2v) is 6.60. The van der Waals surface area contributed by atoms with Crippen molar-refractivity contribution in [1.82, 2.24) is 15.2 Å². The molecule has 1 saturated heterocycles. The van der Waals surface area contributed by atoms with E-state index in [1.165, 1.54) is 12.8 Å². The summed E-state index contributed by atoms with van der Waals surface area (Å²) in [5, 5.41) is 3.15. The van der Waals surface area contributed by atoms with Gasteiger partial charge >= 0.3 is 11.8 Å². The van der Waals surface area contributed by atoms with Gasteiger partial charge in [-0.2, -0.15) is 0 Å². The first-order valence-electron chi connectivity index (χ1n) is 8.62. The number of nitrogens with one attached hydrogen (secondary N) is 2. The molecule has 0 spiro atoms. The number of hydrogen-bond donors (Lipinski definition) is 2. The molecule has 0 unspecified atom stereocenters. The number of rotatable bonds is 2. The third kappa shape index (κ3) is 2.98. The smallest absolute Gasteiger partial charge is 0.408 e. The van der Waals surface area contributed by atoms with Gasteiger partial charge in [0.2, 0.25) is 0 Å². The lowest BCUT2D eigenvalue weighted by molar-refractivity contribution is 0.190. The molecule has 2 N–H and O–H groups in total. The maximum Gasteiger partial charge on any atom is 0.417 e. The Kier molecular flexibility index (Phi) is 3.92. The molecular weight excluding hydrogens is 308 g/mol. The van der Waals surface area contributed by atoms with Gasteiger partial charge in [-0.15, -0.1) is 0 Å². The van der Waals surface area contributed by atoms with Crippen LogP contribution in [0, 0.1) is 0 Å². The maximum atomic E-state index is 12.3. The molecule has 7 nitrogen and oxygen atoms in total. The molecule has 2 fully saturated rings. The Labute approximate surface area is 139 Å². The number of oxazole rings is 1. The van der Waals surface area contributed by atoms with E-state index in [1.807, 2.05) is 23.1 Å². The van der Waals surface area contributed by atoms with Crippen LogP contribution in [0.25, 0.3) is 11.1 Å². The van der Waals surface area contributed by atoms with Crippen LogP contribution in [0.2, 0.25) is 0 Å². The second kappa shape index (κ2) is 6.22. The molecule has 1 aliphatic carbocycles. The maximum absolute atomic E-state index is 12.3. The number of carbonyl (C=O) groups is 1. The van der Waals surface area contributed by atoms with Crippen LogP contribution >= 0.6 is 0 Å². The first-order valence-corrected chi connectivity index (χ1v) is 8.62. The number of fused-ring (bicyclic) bond motifs is 1. The molecule has 1 aromatic heterocycles. The van der Waals surface area contributed by atoms with E-state index in [0.29, 0.717) is 30.2 Å². The van der Waals surface area contributed by atoms with Gasteiger partial charge in [-0.3, -0.25) is 4.98 Å². The number of amides is 2. The summed E-state index contributed by atoms with van der Waals surface area (Å²) in [4.78, 5) is 30.4. The molecule has 2 amide bonds. The van der Waals surface area contributed by atoms with Crippen LogP contribution in [0.1, 0.15) is 25.7 Å². The van der Waals surface area contributed by atoms with Gasteiger partial charge in [-0.25, -0.2) is 9.59 Å². The number of H-pyrrole nitrogens is 1. The van der Waals surface area contributed by atoms with Crippen molar-refractivity contribution in [2.24, 2.45) is 0 Å². The Hall–Kier alpha value is -2.44. The Morgan fingerprint density at radius 2 is 1.92 bits per heavy atom. The van der Waals surface area contributed by atoms with Crippen LogP contribution in [-0.2, 0) is 0 Å². The minimum absolute atomic E-state index is 0.0659. The molecule has 128 valence electrons. The summed E-state index contributed by atoms with van der Waals surface area (Å²) in [6.07, 6.45) is 4.65. The summed E-state index contributed by atoms with van der Waals surface area (Å²) < 4.78 is 5.03. The number of aromatic nitrogens is 1. The number of hydrogen-bond acceptors (Lipinski definition) is 4. The van der Waals surface area contributed by atoms with Gasteiger partial charge in [0.1, 0.15) is 0 Å². The Morgan fingerprint density at radius 1 is 1.17 bits per heavy atom. The lowest BCUT2D eigenvalue weighted by Gasteiger charge is -2.36. The highest BCUT2D eigenvalue weighted by Gasteiger charge is 2.24. The summed E-state index contributed by atoms with van der Waals surface area (Å²) in [7, 11) is 0. The molecule has 1 saturated carbocycles. The van der Waals surface area contributed by atoms with E-state index in [1.54, 1.807) is 0 Å². The van der Waals surface area contributed by atoms with Gasteiger partial charge in [0.25, 0.3) is 0 Å². The minimum Gasteiger partial charge on any atom is -0.408 e. The summed E-state index contributed by atoms with van der Waals surface area (Å²) in [5.74, 6) is -0.435. The van der Waals surface area contributed by atoms with E-state index >= 15 is 0 Å². The Morgan fingerprint density at radius 3 is 2.67 bits per heavy atom. The molecular formula is C17H22N4O3. The first-order chi connectivity index (χ1) is 11.7. The molecule has 24 heavy (non-hydrogen) atoms. The van der Waals surface area contributed by atoms with Crippen molar-refractivity contribution in [1.29, 1.82) is 0 Å². The van der Waals surface area contributed by atoms with Crippen LogP contribution in [0.3, 0.4) is 0 Å². The topological polar surface area (TPSA) is 81.6 Å². The van der Waals surface area contributed by atoms with E-state index in [-0.39, 0.29) is 6.03 Å². The molecule has 7 heteroatoms. The Balaban J connectivity index is 1.37. The highest BCUT2D eigenvalue weighted by atomic mass is 16.4. The normalized spacial score (nSPS) is 19.2. The molecule has 1 aliphatic heterocycles. The van der Waals surface area contributed by atoms with Crippen LogP contribution in [0.5, 0.6) is 0 Å². The average molecular weight is 330 g/mol. The number of carbonyl (C=O) groups excluding carboxylic acids is 1. The number of anilines is 1. The van der Waals surface area contributed by atoms with Crippen molar-refractivity contribution in [3.63, 3.8) is 0 Å². The van der Waals surface area contributed by atoms with Gasteiger partial charge in [-0.1, -0.05) is 12.8 Å². The molecule has 4 rings (SSSR count). The van der Waals surface area contributed by atoms with Gasteiger partial charge in [0.15, 0.2) is 5.58 Å². The fraction of sp³-hybridized carbons (Fsp3) is 0.529. The van der Waals surface area contributed by atoms with Crippen LogP contribution < -0.4 is 16.0 Å². The summed E-state index contributed by atoms with van der Waals surface area (Å²) >= 11 is 0. The number of nitrogens with zero attached hydrogens (tertiary/aromatic N) is 2. The van der Waals surface area contributed by atoms with Crippen molar-refractivity contribution in [3.05, 3.63) is 28.7 Å². The van der Waals surface area contributed by atoms with Crippen molar-refractivity contribution < 1.29 is 9.21 Å². The Bertz CT molecular complexity index is 782. The lowest BCUT2D eigenvalue weighted by atomic mass is 10.2. The van der Waals surface area contributed by atoms with Crippen LogP contribution in [-0.4, -0.2) is 48.1 Å². The van der Waals surface area contributed by atoms with Gasteiger partial charge in [0.05, 0.1) is 5.52 Å². The number of piperazine rings is 1. The minimum atomic E-state index is -0.435. The van der Waals surface area contributed by atoms with Crippen molar-refractivity contribution >= 4 is 22.8 Å². The molecule has 0 atom stereocenters. The molecule has 0 radical (unpaired) electrons. The summed E-state index contributed by atoms with van der Waals surface area (Å²) in [5.41, 5.74) is 2.31. The zero-order valence-corrected chi connectivity index (χ0v) is 13.6. The van der Waals surface area contributed by atoms with E-state index in [4.69, 9.17) is 4.42 Å². The fourth-order valence-electron chi connectivity index (χ4n) is 3.64. The SMILES string of the molecule is O=C(NC1CCCC1)N1CCN(c2ccc3oc(=O)[nH]c3c2)CC1. The predicted molar refractivity (Wildman–Crippen MR) is 91.4 cm³/mol. The van der Waals surface area contributed by atoms with Crippen molar-refractivity contribution in [2.75, 3.05) is 31.1 Å². The molecule has 2 aromatic rings. The fourth-order valence-corrected chi connectivity index (χ4v) is 3.64. The molecule has 2 aliphatic rings. The van der Waals surface area contributed by atoms with Gasteiger partial charge < -0.3 is 19.5 Å². The highest BCUT2D eigenvalue weighted by Crippen LogP contribution is 2.22. The standard InChI is InChI=1S/C17H22N4O3/c22-16(18-12-3-1-2-4-12)21-9-7-20(8-10-21)13-5-6-15-14(11-13)19-17(23)24-15/h5-6,11-12H,1-4,7-10H2,(H,18,22)(H,19,23). The third-order valence-corrected chi connectivity index (χ3v) is 5.02. The number of aromatic amines is 1. The quantitative estimate of drug-likeness (QED) is 0.881. The van der Waals surface area contributed by atoms with E-state index in [0.717, 1.165) is 31.6 Å². The zero-order chi connectivity index (χ0) is 16.5.